The van der Waals surface area contributed by atoms with Gasteiger partial charge in [0.25, 0.3) is 0 Å². The van der Waals surface area contributed by atoms with Crippen LogP contribution in [0.3, 0.4) is 0 Å². The molecule has 0 spiro atoms. The van der Waals surface area contributed by atoms with E-state index in [0.29, 0.717) is 12.4 Å². The molecule has 0 unspecified atom stereocenters. The third kappa shape index (κ3) is 6.72. The molecule has 2 amide bonds. The van der Waals surface area contributed by atoms with Crippen molar-refractivity contribution in [3.63, 3.8) is 0 Å². The van der Waals surface area contributed by atoms with Crippen molar-refractivity contribution in [2.75, 3.05) is 6.54 Å². The molecular weight excluding hydrogens is 318 g/mol. The second kappa shape index (κ2) is 10.0. The highest BCUT2D eigenvalue weighted by molar-refractivity contribution is 5.85. The summed E-state index contributed by atoms with van der Waals surface area (Å²) in [6, 6.07) is 3.72. The number of carbonyl (C=O) groups is 2. The van der Waals surface area contributed by atoms with Gasteiger partial charge in [0.1, 0.15) is 6.10 Å². The van der Waals surface area contributed by atoms with Crippen LogP contribution in [0.25, 0.3) is 0 Å². The van der Waals surface area contributed by atoms with Crippen molar-refractivity contribution in [1.82, 2.24) is 15.6 Å². The zero-order valence-corrected chi connectivity index (χ0v) is 15.2. The number of ether oxygens (including phenoxy) is 1. The molecule has 2 rings (SSSR count). The van der Waals surface area contributed by atoms with Gasteiger partial charge >= 0.3 is 0 Å². The summed E-state index contributed by atoms with van der Waals surface area (Å²) in [7, 11) is 0. The van der Waals surface area contributed by atoms with E-state index in [1.165, 1.54) is 19.3 Å². The molecule has 1 heterocycles. The van der Waals surface area contributed by atoms with E-state index in [1.807, 2.05) is 26.0 Å². The minimum absolute atomic E-state index is 0.000309. The average molecular weight is 347 g/mol. The minimum atomic E-state index is -0.205. The zero-order valence-electron chi connectivity index (χ0n) is 15.2. The van der Waals surface area contributed by atoms with E-state index < -0.39 is 0 Å². The van der Waals surface area contributed by atoms with Gasteiger partial charge in [-0.25, -0.2) is 4.98 Å². The average Bonchev–Trinajstić information content (AvgIpc) is 2.65. The minimum Gasteiger partial charge on any atom is -0.474 e. The van der Waals surface area contributed by atoms with Crippen molar-refractivity contribution in [1.29, 1.82) is 0 Å². The molecule has 138 valence electrons. The summed E-state index contributed by atoms with van der Waals surface area (Å²) in [6.45, 7) is 4.18. The molecule has 0 aliphatic heterocycles. The van der Waals surface area contributed by atoms with Crippen LogP contribution in [0.1, 0.15) is 57.9 Å². The van der Waals surface area contributed by atoms with E-state index in [4.69, 9.17) is 4.74 Å². The van der Waals surface area contributed by atoms with E-state index in [0.717, 1.165) is 24.8 Å². The fourth-order valence-electron chi connectivity index (χ4n) is 2.77. The lowest BCUT2D eigenvalue weighted by Gasteiger charge is -2.22. The summed E-state index contributed by atoms with van der Waals surface area (Å²) >= 11 is 0. The lowest BCUT2D eigenvalue weighted by molar-refractivity contribution is -0.128. The molecule has 1 atom stereocenters. The quantitative estimate of drug-likeness (QED) is 0.757. The predicted molar refractivity (Wildman–Crippen MR) is 96.0 cm³/mol. The fourth-order valence-corrected chi connectivity index (χ4v) is 2.77. The first-order valence-corrected chi connectivity index (χ1v) is 9.24. The summed E-state index contributed by atoms with van der Waals surface area (Å²) in [6.07, 6.45) is 8.58. The highest BCUT2D eigenvalue weighted by Crippen LogP contribution is 2.22. The van der Waals surface area contributed by atoms with Crippen molar-refractivity contribution < 1.29 is 14.3 Å². The number of rotatable bonds is 8. The van der Waals surface area contributed by atoms with Gasteiger partial charge < -0.3 is 15.4 Å². The molecule has 0 radical (unpaired) electrons. The van der Waals surface area contributed by atoms with E-state index in [1.54, 1.807) is 6.20 Å². The number of nitrogens with zero attached hydrogens (tertiary/aromatic N) is 1. The number of pyridine rings is 1. The summed E-state index contributed by atoms with van der Waals surface area (Å²) in [5.74, 6) is 0.240. The van der Waals surface area contributed by atoms with Crippen LogP contribution < -0.4 is 15.4 Å². The molecule has 0 aromatic carbocycles. The molecule has 1 fully saturated rings. The molecule has 0 bridgehead atoms. The van der Waals surface area contributed by atoms with Crippen LogP contribution in [0.2, 0.25) is 0 Å². The highest BCUT2D eigenvalue weighted by Gasteiger charge is 2.15. The molecule has 0 saturated heterocycles. The van der Waals surface area contributed by atoms with Crippen molar-refractivity contribution in [3.8, 4) is 5.88 Å². The monoisotopic (exact) mass is 347 g/mol. The van der Waals surface area contributed by atoms with Crippen LogP contribution in [-0.2, 0) is 16.1 Å². The maximum atomic E-state index is 11.9. The van der Waals surface area contributed by atoms with Crippen molar-refractivity contribution in [2.24, 2.45) is 5.92 Å². The number of nitrogens with one attached hydrogen (secondary N) is 2. The summed E-state index contributed by atoms with van der Waals surface area (Å²) in [5.41, 5.74) is 0.933. The van der Waals surface area contributed by atoms with Gasteiger partial charge in [0.15, 0.2) is 0 Å². The maximum Gasteiger partial charge on any atom is 0.239 e. The van der Waals surface area contributed by atoms with Gasteiger partial charge in [-0.2, -0.15) is 0 Å². The second-order valence-electron chi connectivity index (χ2n) is 6.68. The molecule has 1 aromatic heterocycles. The number of aromatic nitrogens is 1. The largest absolute Gasteiger partial charge is 0.474 e. The van der Waals surface area contributed by atoms with E-state index >= 15 is 0 Å². The maximum absolute atomic E-state index is 11.9. The van der Waals surface area contributed by atoms with Crippen molar-refractivity contribution in [3.05, 3.63) is 23.9 Å². The van der Waals surface area contributed by atoms with Gasteiger partial charge in [-0.05, 0) is 43.7 Å². The molecule has 6 nitrogen and oxygen atoms in total. The van der Waals surface area contributed by atoms with Crippen LogP contribution in [0, 0.1) is 5.92 Å². The van der Waals surface area contributed by atoms with Gasteiger partial charge in [0.05, 0.1) is 6.54 Å². The molecule has 2 N–H and O–H groups in total. The van der Waals surface area contributed by atoms with Crippen molar-refractivity contribution >= 4 is 11.8 Å². The Balaban J connectivity index is 1.75. The molecule has 1 saturated carbocycles. The van der Waals surface area contributed by atoms with Crippen LogP contribution >= 0.6 is 0 Å². The lowest BCUT2D eigenvalue weighted by atomic mass is 9.98. The topological polar surface area (TPSA) is 80.3 Å². The number of amides is 2. The molecule has 1 aromatic rings. The summed E-state index contributed by atoms with van der Waals surface area (Å²) < 4.78 is 5.94. The molecular formula is C19H29N3O3. The normalized spacial score (nSPS) is 16.1. The van der Waals surface area contributed by atoms with Gasteiger partial charge in [-0.3, -0.25) is 9.59 Å². The first kappa shape index (κ1) is 19.2. The van der Waals surface area contributed by atoms with Crippen LogP contribution in [0.15, 0.2) is 18.3 Å². The van der Waals surface area contributed by atoms with Gasteiger partial charge in [0.2, 0.25) is 17.7 Å². The van der Waals surface area contributed by atoms with Gasteiger partial charge in [-0.15, -0.1) is 0 Å². The standard InChI is InChI=1S/C19H29N3O3/c1-3-14(2)19(24)22-13-17(23)21-12-15-9-10-20-18(11-15)25-16-7-5-4-6-8-16/h9-11,14,16H,3-8,12-13H2,1-2H3,(H,21,23)(H,22,24)/t14-/m0/s1. The van der Waals surface area contributed by atoms with Crippen LogP contribution in [-0.4, -0.2) is 29.4 Å². The molecule has 6 heteroatoms. The third-order valence-corrected chi connectivity index (χ3v) is 4.61. The Morgan fingerprint density at radius 2 is 2.04 bits per heavy atom. The Morgan fingerprint density at radius 1 is 1.28 bits per heavy atom. The fraction of sp³-hybridized carbons (Fsp3) is 0.632. The SMILES string of the molecule is CC[C@H](C)C(=O)NCC(=O)NCc1ccnc(OC2CCCCC2)c1. The Labute approximate surface area is 149 Å². The second-order valence-corrected chi connectivity index (χ2v) is 6.68. The summed E-state index contributed by atoms with van der Waals surface area (Å²) in [4.78, 5) is 27.8. The zero-order chi connectivity index (χ0) is 18.1. The van der Waals surface area contributed by atoms with Crippen LogP contribution in [0.5, 0.6) is 5.88 Å². The van der Waals surface area contributed by atoms with E-state index in [9.17, 15) is 9.59 Å². The molecule has 1 aliphatic rings. The first-order valence-electron chi connectivity index (χ1n) is 9.24. The number of hydrogen-bond donors (Lipinski definition) is 2. The number of hydrogen-bond acceptors (Lipinski definition) is 4. The predicted octanol–water partition coefficient (Wildman–Crippen LogP) is 2.57. The van der Waals surface area contributed by atoms with Gasteiger partial charge in [-0.1, -0.05) is 20.3 Å². The van der Waals surface area contributed by atoms with Crippen molar-refractivity contribution in [2.45, 2.75) is 65.0 Å². The Kier molecular flexibility index (Phi) is 7.70. The third-order valence-electron chi connectivity index (χ3n) is 4.61. The first-order chi connectivity index (χ1) is 12.1. The van der Waals surface area contributed by atoms with Gasteiger partial charge in [0, 0.05) is 24.7 Å². The smallest absolute Gasteiger partial charge is 0.239 e. The van der Waals surface area contributed by atoms with Crippen LogP contribution in [0.4, 0.5) is 0 Å². The Morgan fingerprint density at radius 3 is 2.76 bits per heavy atom. The highest BCUT2D eigenvalue weighted by atomic mass is 16.5. The number of carbonyl (C=O) groups excluding carboxylic acids is 2. The molecule has 1 aliphatic carbocycles. The van der Waals surface area contributed by atoms with E-state index in [2.05, 4.69) is 15.6 Å². The molecule has 25 heavy (non-hydrogen) atoms. The van der Waals surface area contributed by atoms with E-state index in [-0.39, 0.29) is 30.4 Å². The Bertz CT molecular complexity index is 571. The summed E-state index contributed by atoms with van der Waals surface area (Å²) in [5, 5.41) is 5.45. The Hall–Kier alpha value is -2.11. The lowest BCUT2D eigenvalue weighted by Crippen LogP contribution is -2.38.